The first-order valence-electron chi connectivity index (χ1n) is 15.5. The van der Waals surface area contributed by atoms with Gasteiger partial charge in [-0.2, -0.15) is 0 Å². The maximum absolute atomic E-state index is 14.4. The van der Waals surface area contributed by atoms with Gasteiger partial charge in [0.25, 0.3) is 0 Å². The van der Waals surface area contributed by atoms with Gasteiger partial charge >= 0.3 is 6.09 Å². The number of alkyl carbamates (subject to hydrolysis) is 1. The molecule has 0 radical (unpaired) electrons. The molecule has 2 aromatic carbocycles. The van der Waals surface area contributed by atoms with Crippen molar-refractivity contribution in [2.45, 2.75) is 118 Å². The van der Waals surface area contributed by atoms with Crippen molar-refractivity contribution in [2.24, 2.45) is 5.92 Å². The van der Waals surface area contributed by atoms with Crippen LogP contribution in [0.3, 0.4) is 0 Å². The zero-order chi connectivity index (χ0) is 31.3. The van der Waals surface area contributed by atoms with Gasteiger partial charge in [-0.15, -0.1) is 0 Å². The number of hydrogen-bond acceptors (Lipinski definition) is 4. The Hall–Kier alpha value is -3.35. The van der Waals surface area contributed by atoms with Crippen LogP contribution in [0.15, 0.2) is 48.5 Å². The van der Waals surface area contributed by atoms with Gasteiger partial charge in [0.05, 0.1) is 0 Å². The van der Waals surface area contributed by atoms with Crippen molar-refractivity contribution < 1.29 is 19.1 Å². The number of carbonyl (C=O) groups is 3. The predicted octanol–water partition coefficient (Wildman–Crippen LogP) is 7.40. The summed E-state index contributed by atoms with van der Waals surface area (Å²) in [4.78, 5) is 43.1. The highest BCUT2D eigenvalue weighted by Gasteiger charge is 2.38. The van der Waals surface area contributed by atoms with Gasteiger partial charge in [-0.3, -0.25) is 9.59 Å². The number of amides is 3. The third kappa shape index (κ3) is 11.1. The van der Waals surface area contributed by atoms with Crippen molar-refractivity contribution in [3.05, 3.63) is 70.8 Å². The largest absolute Gasteiger partial charge is 0.444 e. The van der Waals surface area contributed by atoms with Crippen molar-refractivity contribution in [3.8, 4) is 0 Å². The third-order valence-electron chi connectivity index (χ3n) is 7.33. The molecule has 42 heavy (non-hydrogen) atoms. The molecule has 0 fully saturated rings. The Balaban J connectivity index is 2.50. The average Bonchev–Trinajstić information content (AvgIpc) is 2.92. The summed E-state index contributed by atoms with van der Waals surface area (Å²) in [6.45, 7) is 16.1. The summed E-state index contributed by atoms with van der Waals surface area (Å²) in [5.74, 6) is -0.745. The molecule has 2 aromatic rings. The second-order valence-electron chi connectivity index (χ2n) is 12.6. The fourth-order valence-electron chi connectivity index (χ4n) is 5.12. The van der Waals surface area contributed by atoms with Gasteiger partial charge in [0.15, 0.2) is 0 Å². The molecule has 7 heteroatoms. The van der Waals surface area contributed by atoms with Crippen molar-refractivity contribution in [3.63, 3.8) is 0 Å². The lowest BCUT2D eigenvalue weighted by molar-refractivity contribution is -0.143. The molecule has 0 saturated heterocycles. The van der Waals surface area contributed by atoms with Crippen LogP contribution in [-0.4, -0.2) is 41.0 Å². The first-order valence-corrected chi connectivity index (χ1v) is 15.5. The minimum Gasteiger partial charge on any atom is -0.444 e. The molecule has 3 amide bonds. The number of ether oxygens (including phenoxy) is 1. The quantitative estimate of drug-likeness (QED) is 0.215. The second-order valence-corrected chi connectivity index (χ2v) is 12.6. The number of hydrogen-bond donors (Lipinski definition) is 2. The predicted molar refractivity (Wildman–Crippen MR) is 170 cm³/mol. The van der Waals surface area contributed by atoms with Crippen molar-refractivity contribution >= 4 is 17.9 Å². The van der Waals surface area contributed by atoms with E-state index in [1.807, 2.05) is 76.2 Å². The molecule has 0 aromatic heterocycles. The van der Waals surface area contributed by atoms with Crippen molar-refractivity contribution in [1.82, 2.24) is 15.5 Å². The van der Waals surface area contributed by atoms with E-state index < -0.39 is 23.8 Å². The fourth-order valence-corrected chi connectivity index (χ4v) is 5.12. The molecule has 2 rings (SSSR count). The summed E-state index contributed by atoms with van der Waals surface area (Å²) in [6.07, 6.45) is 5.65. The summed E-state index contributed by atoms with van der Waals surface area (Å²) in [6, 6.07) is 14.0. The van der Waals surface area contributed by atoms with Gasteiger partial charge < -0.3 is 20.3 Å². The first kappa shape index (κ1) is 34.8. The van der Waals surface area contributed by atoms with E-state index >= 15 is 0 Å². The Morgan fingerprint density at radius 3 is 2.02 bits per heavy atom. The zero-order valence-electron chi connectivity index (χ0n) is 27.1. The van der Waals surface area contributed by atoms with Crippen LogP contribution in [-0.2, 0) is 20.9 Å². The summed E-state index contributed by atoms with van der Waals surface area (Å²) in [5.41, 5.74) is 2.98. The summed E-state index contributed by atoms with van der Waals surface area (Å²) in [7, 11) is 0. The van der Waals surface area contributed by atoms with Crippen LogP contribution < -0.4 is 10.6 Å². The number of nitrogens with zero attached hydrogens (tertiary/aromatic N) is 1. The van der Waals surface area contributed by atoms with Crippen LogP contribution in [0.1, 0.15) is 108 Å². The van der Waals surface area contributed by atoms with Crippen LogP contribution >= 0.6 is 0 Å². The zero-order valence-corrected chi connectivity index (χ0v) is 27.1. The van der Waals surface area contributed by atoms with Gasteiger partial charge in [0.2, 0.25) is 11.8 Å². The molecule has 0 aliphatic heterocycles. The van der Waals surface area contributed by atoms with E-state index in [-0.39, 0.29) is 17.7 Å². The topological polar surface area (TPSA) is 87.7 Å². The molecule has 7 nitrogen and oxygen atoms in total. The lowest BCUT2D eigenvalue weighted by Gasteiger charge is -2.36. The Bertz CT molecular complexity index is 1120. The number of nitrogens with one attached hydrogen (secondary N) is 2. The molecule has 232 valence electrons. The highest BCUT2D eigenvalue weighted by atomic mass is 16.6. The molecule has 0 heterocycles. The van der Waals surface area contributed by atoms with E-state index in [0.29, 0.717) is 13.1 Å². The third-order valence-corrected chi connectivity index (χ3v) is 7.33. The van der Waals surface area contributed by atoms with Crippen LogP contribution in [0.25, 0.3) is 0 Å². The molecule has 0 aliphatic rings. The Labute approximate surface area is 253 Å². The van der Waals surface area contributed by atoms with E-state index in [9.17, 15) is 14.4 Å². The highest BCUT2D eigenvalue weighted by Crippen LogP contribution is 2.30. The maximum atomic E-state index is 14.4. The Morgan fingerprint density at radius 2 is 1.45 bits per heavy atom. The van der Waals surface area contributed by atoms with Gasteiger partial charge in [-0.1, -0.05) is 101 Å². The lowest BCUT2D eigenvalue weighted by atomic mass is 9.92. The van der Waals surface area contributed by atoms with E-state index in [0.717, 1.165) is 54.4 Å². The van der Waals surface area contributed by atoms with Crippen molar-refractivity contribution in [1.29, 1.82) is 0 Å². The fraction of sp³-hybridized carbons (Fsp3) is 0.571. The number of rotatable bonds is 15. The molecule has 2 atom stereocenters. The Morgan fingerprint density at radius 1 is 0.857 bits per heavy atom. The summed E-state index contributed by atoms with van der Waals surface area (Å²) < 4.78 is 5.50. The molecule has 0 spiro atoms. The monoisotopic (exact) mass is 579 g/mol. The minimum absolute atomic E-state index is 0.219. The second kappa shape index (κ2) is 16.9. The van der Waals surface area contributed by atoms with Crippen LogP contribution in [0, 0.1) is 19.8 Å². The molecule has 0 saturated carbocycles. The molecular weight excluding hydrogens is 526 g/mol. The number of aryl methyl sites for hydroxylation is 2. The highest BCUT2D eigenvalue weighted by molar-refractivity contribution is 5.92. The molecule has 2 N–H and O–H groups in total. The van der Waals surface area contributed by atoms with Gasteiger partial charge in [0.1, 0.15) is 17.7 Å². The van der Waals surface area contributed by atoms with E-state index in [2.05, 4.69) is 17.6 Å². The van der Waals surface area contributed by atoms with Crippen LogP contribution in [0.5, 0.6) is 0 Å². The standard InChI is InChI=1S/C35H53N3O4/c1-9-10-11-12-13-17-23-38(33(40)30(25(2)3)37-34(41)42-35(6,7)8)31(29-26(4)19-18-20-27(29)5)32(39)36-24-28-21-15-14-16-22-28/h14-16,18-22,25,30-31H,9-13,17,23-24H2,1-8H3,(H,36,39)(H,37,41). The van der Waals surface area contributed by atoms with E-state index in [1.54, 1.807) is 25.7 Å². The van der Waals surface area contributed by atoms with E-state index in [1.165, 1.54) is 6.42 Å². The molecular formula is C35H53N3O4. The summed E-state index contributed by atoms with van der Waals surface area (Å²) in [5, 5.41) is 5.92. The van der Waals surface area contributed by atoms with Crippen LogP contribution in [0.2, 0.25) is 0 Å². The maximum Gasteiger partial charge on any atom is 0.408 e. The average molecular weight is 580 g/mol. The molecule has 0 bridgehead atoms. The number of unbranched alkanes of at least 4 members (excludes halogenated alkanes) is 5. The lowest BCUT2D eigenvalue weighted by Crippen LogP contribution is -2.55. The Kier molecular flexibility index (Phi) is 14.1. The number of benzene rings is 2. The minimum atomic E-state index is -0.853. The van der Waals surface area contributed by atoms with Crippen LogP contribution in [0.4, 0.5) is 4.79 Å². The molecule has 2 unspecified atom stereocenters. The molecule has 0 aliphatic carbocycles. The smallest absolute Gasteiger partial charge is 0.408 e. The first-order chi connectivity index (χ1) is 19.9. The SMILES string of the molecule is CCCCCCCCN(C(=O)C(NC(=O)OC(C)(C)C)C(C)C)C(C(=O)NCc1ccccc1)c1c(C)cccc1C. The van der Waals surface area contributed by atoms with Gasteiger partial charge in [0, 0.05) is 13.1 Å². The van der Waals surface area contributed by atoms with Crippen molar-refractivity contribution in [2.75, 3.05) is 6.54 Å². The summed E-state index contributed by atoms with van der Waals surface area (Å²) >= 11 is 0. The van der Waals surface area contributed by atoms with Gasteiger partial charge in [-0.05, 0) is 69.2 Å². The van der Waals surface area contributed by atoms with Gasteiger partial charge in [-0.25, -0.2) is 4.79 Å². The van der Waals surface area contributed by atoms with E-state index in [4.69, 9.17) is 4.74 Å². The number of carbonyl (C=O) groups excluding carboxylic acids is 3. The normalized spacial score (nSPS) is 12.9.